The van der Waals surface area contributed by atoms with E-state index in [-0.39, 0.29) is 18.2 Å². The van der Waals surface area contributed by atoms with Crippen LogP contribution in [0.15, 0.2) is 48.7 Å². The van der Waals surface area contributed by atoms with Crippen LogP contribution in [0, 0.1) is 11.8 Å². The van der Waals surface area contributed by atoms with E-state index in [4.69, 9.17) is 4.74 Å². The standard InChI is InChI=1S/C22H19IN3O4/c1-3-30-20(27)18-17-9-4-5-12-26(17)19(24-18)16-8-6-7-15(13-16)10-11-22(29)14-23-25(2)21(22)28/h4-9,12-13,29H,3,14H2,1-2H3/q-1/t22-/m0/s1. The van der Waals surface area contributed by atoms with Crippen LogP contribution in [0.4, 0.5) is 0 Å². The first-order chi connectivity index (χ1) is 14.4. The van der Waals surface area contributed by atoms with Crippen molar-refractivity contribution in [2.75, 3.05) is 18.1 Å². The molecule has 1 aliphatic rings. The van der Waals surface area contributed by atoms with Gasteiger partial charge in [0, 0.05) is 0 Å². The van der Waals surface area contributed by atoms with Crippen LogP contribution < -0.4 is 21.5 Å². The number of pyridine rings is 1. The molecule has 1 amide bonds. The first kappa shape index (κ1) is 20.4. The fraction of sp³-hybridized carbons (Fsp3) is 0.227. The molecule has 8 heteroatoms. The van der Waals surface area contributed by atoms with Gasteiger partial charge in [-0.3, -0.25) is 0 Å². The van der Waals surface area contributed by atoms with Crippen molar-refractivity contribution in [3.8, 4) is 23.2 Å². The van der Waals surface area contributed by atoms with Gasteiger partial charge in [-0.05, 0) is 6.92 Å². The number of rotatable bonds is 3. The number of ether oxygens (including phenoxy) is 1. The van der Waals surface area contributed by atoms with Crippen LogP contribution >= 0.6 is 0 Å². The van der Waals surface area contributed by atoms with Crippen LogP contribution in [0.1, 0.15) is 23.0 Å². The molecule has 0 unspecified atom stereocenters. The number of likely N-dealkylation sites (N-methyl/N-ethyl adjacent to an activating group) is 1. The normalized spacial score (nSPS) is 18.6. The van der Waals surface area contributed by atoms with E-state index in [1.807, 2.05) is 47.0 Å². The average Bonchev–Trinajstić information content (AvgIpc) is 3.27. The topological polar surface area (TPSA) is 84.1 Å². The summed E-state index contributed by atoms with van der Waals surface area (Å²) < 4.78 is 8.93. The molecule has 3 heterocycles. The molecule has 154 valence electrons. The Kier molecular flexibility index (Phi) is 5.49. The summed E-state index contributed by atoms with van der Waals surface area (Å²) in [6.07, 6.45) is 1.83. The Hall–Kier alpha value is -2.90. The molecule has 4 rings (SSSR count). The number of fused-ring (bicyclic) bond motifs is 1. The summed E-state index contributed by atoms with van der Waals surface area (Å²) in [5, 5.41) is 10.5. The van der Waals surface area contributed by atoms with Gasteiger partial charge in [-0.1, -0.05) is 0 Å². The second kappa shape index (κ2) is 8.08. The number of amides is 1. The molecule has 0 radical (unpaired) electrons. The van der Waals surface area contributed by atoms with Gasteiger partial charge >= 0.3 is 171 Å². The van der Waals surface area contributed by atoms with Crippen LogP contribution in [0.25, 0.3) is 16.9 Å². The summed E-state index contributed by atoms with van der Waals surface area (Å²) in [5.41, 5.74) is 0.705. The van der Waals surface area contributed by atoms with E-state index < -0.39 is 33.0 Å². The van der Waals surface area contributed by atoms with Gasteiger partial charge in [0.2, 0.25) is 0 Å². The number of aliphatic hydroxyl groups is 1. The molecule has 1 aromatic carbocycles. The number of hydrogen-bond donors (Lipinski definition) is 1. The predicted octanol–water partition coefficient (Wildman–Crippen LogP) is -1.26. The Labute approximate surface area is 184 Å². The molecule has 1 aliphatic heterocycles. The van der Waals surface area contributed by atoms with Crippen molar-refractivity contribution in [3.63, 3.8) is 0 Å². The van der Waals surface area contributed by atoms with E-state index in [2.05, 4.69) is 16.8 Å². The molecular formula is C22H19IN3O4-. The van der Waals surface area contributed by atoms with E-state index in [0.29, 0.717) is 21.3 Å². The number of carbonyl (C=O) groups excluding carboxylic acids is 2. The molecule has 0 spiro atoms. The number of esters is 1. The van der Waals surface area contributed by atoms with Crippen molar-refractivity contribution in [1.29, 1.82) is 0 Å². The third-order valence-corrected chi connectivity index (χ3v) is 7.52. The number of alkyl halides is 1. The minimum atomic E-state index is -1.60. The van der Waals surface area contributed by atoms with Gasteiger partial charge in [0.25, 0.3) is 0 Å². The molecule has 0 aliphatic carbocycles. The monoisotopic (exact) mass is 516 g/mol. The van der Waals surface area contributed by atoms with E-state index in [1.165, 1.54) is 0 Å². The zero-order valence-electron chi connectivity index (χ0n) is 16.4. The Morgan fingerprint density at radius 2 is 2.17 bits per heavy atom. The van der Waals surface area contributed by atoms with Gasteiger partial charge in [0.15, 0.2) is 0 Å². The fourth-order valence-corrected chi connectivity index (χ4v) is 5.36. The zero-order chi connectivity index (χ0) is 21.3. The van der Waals surface area contributed by atoms with Gasteiger partial charge in [0.1, 0.15) is 0 Å². The van der Waals surface area contributed by atoms with Crippen molar-refractivity contribution in [2.45, 2.75) is 12.5 Å². The molecular weight excluding hydrogens is 497 g/mol. The van der Waals surface area contributed by atoms with Crippen molar-refractivity contribution in [1.82, 2.24) is 12.5 Å². The summed E-state index contributed by atoms with van der Waals surface area (Å²) in [4.78, 5) is 29.0. The Bertz CT molecular complexity index is 1210. The number of aromatic nitrogens is 2. The van der Waals surface area contributed by atoms with Crippen molar-refractivity contribution >= 4 is 17.4 Å². The Balaban J connectivity index is 1.74. The van der Waals surface area contributed by atoms with Gasteiger partial charge in [-0.2, -0.15) is 0 Å². The van der Waals surface area contributed by atoms with E-state index in [1.54, 1.807) is 23.2 Å². The number of imidazole rings is 1. The molecule has 0 bridgehead atoms. The molecule has 7 nitrogen and oxygen atoms in total. The third-order valence-electron chi connectivity index (χ3n) is 4.62. The first-order valence-electron chi connectivity index (χ1n) is 9.31. The molecule has 1 atom stereocenters. The van der Waals surface area contributed by atoms with Crippen LogP contribution in [0.5, 0.6) is 0 Å². The maximum absolute atomic E-state index is 12.3. The fourth-order valence-electron chi connectivity index (χ4n) is 3.13. The van der Waals surface area contributed by atoms with Gasteiger partial charge in [-0.15, -0.1) is 0 Å². The van der Waals surface area contributed by atoms with Crippen LogP contribution in [-0.2, 0) is 9.53 Å². The van der Waals surface area contributed by atoms with E-state index in [9.17, 15) is 14.7 Å². The number of benzene rings is 1. The summed E-state index contributed by atoms with van der Waals surface area (Å²) in [5.74, 6) is 5.45. The van der Waals surface area contributed by atoms with E-state index >= 15 is 0 Å². The van der Waals surface area contributed by atoms with Crippen LogP contribution in [-0.4, -0.2) is 53.2 Å². The molecule has 3 aromatic rings. The number of hydrogen-bond acceptors (Lipinski definition) is 5. The summed E-state index contributed by atoms with van der Waals surface area (Å²) >= 11 is -0.529. The number of nitrogens with zero attached hydrogens (tertiary/aromatic N) is 3. The SMILES string of the molecule is CCOC(=O)c1nc(-c2cccc(C#C[C@]3(O)C[I-]N(C)C3=O)c2)n2ccccc12. The Morgan fingerprint density at radius 1 is 1.33 bits per heavy atom. The molecule has 1 N–H and O–H groups in total. The van der Waals surface area contributed by atoms with Gasteiger partial charge in [-0.25, -0.2) is 0 Å². The Morgan fingerprint density at radius 3 is 2.90 bits per heavy atom. The van der Waals surface area contributed by atoms with Crippen molar-refractivity contribution in [3.05, 3.63) is 59.9 Å². The van der Waals surface area contributed by atoms with Gasteiger partial charge < -0.3 is 0 Å². The molecule has 0 saturated carbocycles. The molecule has 1 saturated heterocycles. The van der Waals surface area contributed by atoms with Crippen molar-refractivity contribution < 1.29 is 40.9 Å². The number of halogens is 1. The maximum atomic E-state index is 12.3. The first-order valence-corrected chi connectivity index (χ1v) is 11.8. The quantitative estimate of drug-likeness (QED) is 0.155. The zero-order valence-corrected chi connectivity index (χ0v) is 18.6. The summed E-state index contributed by atoms with van der Waals surface area (Å²) in [7, 11) is 1.69. The second-order valence-electron chi connectivity index (χ2n) is 6.69. The average molecular weight is 516 g/mol. The van der Waals surface area contributed by atoms with Gasteiger partial charge in [0.05, 0.1) is 6.61 Å². The molecule has 2 aromatic heterocycles. The summed E-state index contributed by atoms with van der Waals surface area (Å²) in [6.45, 7) is 2.02. The summed E-state index contributed by atoms with van der Waals surface area (Å²) in [6, 6.07) is 12.8. The van der Waals surface area contributed by atoms with Crippen LogP contribution in [0.3, 0.4) is 0 Å². The number of carbonyl (C=O) groups is 2. The van der Waals surface area contributed by atoms with Crippen molar-refractivity contribution in [2.24, 2.45) is 0 Å². The molecule has 1 fully saturated rings. The minimum absolute atomic E-state index is 0.252. The van der Waals surface area contributed by atoms with Crippen LogP contribution in [0.2, 0.25) is 0 Å². The van der Waals surface area contributed by atoms with E-state index in [0.717, 1.165) is 5.56 Å². The predicted molar refractivity (Wildman–Crippen MR) is 106 cm³/mol. The third kappa shape index (κ3) is 3.66. The molecule has 30 heavy (non-hydrogen) atoms. The second-order valence-corrected chi connectivity index (χ2v) is 9.58.